The molecule has 358 valence electrons. The Balaban J connectivity index is 2.13. The van der Waals surface area contributed by atoms with Gasteiger partial charge in [0.15, 0.2) is 5.96 Å². The normalized spacial score (nSPS) is 17.1. The highest BCUT2D eigenvalue weighted by atomic mass is 31.0. The molecule has 0 aromatic heterocycles. The molecule has 1 aromatic carbocycles. The zero-order chi connectivity index (χ0) is 47.4. The number of methoxy groups -OCH3 is 2. The maximum absolute atomic E-state index is 14.3. The molecule has 1 saturated heterocycles. The Bertz CT molecular complexity index is 1610. The van der Waals surface area contributed by atoms with Crippen molar-refractivity contribution in [2.45, 2.75) is 129 Å². The van der Waals surface area contributed by atoms with Gasteiger partial charge in [0.25, 0.3) is 0 Å². The molecule has 18 heteroatoms. The Morgan fingerprint density at radius 2 is 1.59 bits per heavy atom. The molecular weight excluding hydrogens is 826 g/mol. The number of carbonyl (C=O) groups is 5. The molecule has 5 N–H and O–H groups in total. The molecule has 17 nitrogen and oxygen atoms in total. The van der Waals surface area contributed by atoms with E-state index >= 15 is 0 Å². The van der Waals surface area contributed by atoms with Gasteiger partial charge in [0.1, 0.15) is 12.1 Å². The van der Waals surface area contributed by atoms with Crippen molar-refractivity contribution in [3.8, 4) is 0 Å². The molecule has 0 aliphatic carbocycles. The van der Waals surface area contributed by atoms with Crippen LogP contribution in [0.3, 0.4) is 0 Å². The Labute approximate surface area is 379 Å². The number of benzene rings is 1. The fraction of sp³-hybridized carbons (Fsp3) is 0.733. The number of rotatable bonds is 26. The van der Waals surface area contributed by atoms with Gasteiger partial charge in [-0.2, -0.15) is 0 Å². The third kappa shape index (κ3) is 16.9. The molecule has 9 atom stereocenters. The van der Waals surface area contributed by atoms with E-state index in [-0.39, 0.29) is 60.0 Å². The summed E-state index contributed by atoms with van der Waals surface area (Å²) in [5.41, 5.74) is 1.43. The third-order valence-electron chi connectivity index (χ3n) is 11.9. The van der Waals surface area contributed by atoms with Crippen LogP contribution in [0.5, 0.6) is 0 Å². The number of unbranched alkanes of at least 4 members (excludes halogenated alkanes) is 2. The van der Waals surface area contributed by atoms with E-state index in [9.17, 15) is 24.0 Å². The third-order valence-corrected chi connectivity index (χ3v) is 12.4. The average Bonchev–Trinajstić information content (AvgIpc) is 3.74. The van der Waals surface area contributed by atoms with E-state index in [2.05, 4.69) is 43.9 Å². The molecule has 1 aliphatic heterocycles. The van der Waals surface area contributed by atoms with Gasteiger partial charge in [-0.1, -0.05) is 59.6 Å². The van der Waals surface area contributed by atoms with Gasteiger partial charge < -0.3 is 49.9 Å². The van der Waals surface area contributed by atoms with Crippen LogP contribution in [-0.2, 0) is 44.8 Å². The van der Waals surface area contributed by atoms with E-state index in [0.717, 1.165) is 37.7 Å². The Morgan fingerprint density at radius 1 is 0.937 bits per heavy atom. The maximum Gasteiger partial charge on any atom is 0.247 e. The summed E-state index contributed by atoms with van der Waals surface area (Å²) in [6, 6.07) is 4.86. The molecule has 63 heavy (non-hydrogen) atoms. The van der Waals surface area contributed by atoms with Crippen molar-refractivity contribution in [3.05, 3.63) is 29.8 Å². The topological polar surface area (TPSA) is 200 Å². The lowest BCUT2D eigenvalue weighted by molar-refractivity contribution is -0.146. The first-order valence-corrected chi connectivity index (χ1v) is 23.2. The van der Waals surface area contributed by atoms with Gasteiger partial charge in [0.2, 0.25) is 29.5 Å². The summed E-state index contributed by atoms with van der Waals surface area (Å²) < 4.78 is 12.0. The van der Waals surface area contributed by atoms with Crippen LogP contribution in [0.1, 0.15) is 91.5 Å². The number of likely N-dealkylation sites (tertiary alicyclic amines) is 1. The molecule has 1 aromatic rings. The molecule has 0 radical (unpaired) electrons. The number of guanidine groups is 1. The number of carbonyl (C=O) groups excluding carboxylic acids is 5. The number of anilines is 1. The zero-order valence-corrected chi connectivity index (χ0v) is 41.3. The Hall–Kier alpha value is -3.89. The number of amides is 5. The van der Waals surface area contributed by atoms with Crippen LogP contribution in [0.15, 0.2) is 29.3 Å². The molecule has 1 aliphatic rings. The van der Waals surface area contributed by atoms with Crippen LogP contribution in [-0.4, -0.2) is 160 Å². The average molecular weight is 906 g/mol. The highest BCUT2D eigenvalue weighted by molar-refractivity contribution is 7.16. The van der Waals surface area contributed by atoms with Gasteiger partial charge in [-0.25, -0.2) is 10.9 Å². The van der Waals surface area contributed by atoms with Gasteiger partial charge in [0.05, 0.1) is 43.2 Å². The first-order valence-electron chi connectivity index (χ1n) is 22.4. The predicted molar refractivity (Wildman–Crippen MR) is 252 cm³/mol. The molecule has 0 bridgehead atoms. The zero-order valence-electron chi connectivity index (χ0n) is 40.1. The number of ether oxygens (including phenoxy) is 2. The minimum absolute atomic E-state index is 0.00443. The van der Waals surface area contributed by atoms with Crippen molar-refractivity contribution in [3.63, 3.8) is 0 Å². The van der Waals surface area contributed by atoms with Gasteiger partial charge in [-0.15, -0.1) is 9.24 Å². The second-order valence-corrected chi connectivity index (χ2v) is 17.9. The van der Waals surface area contributed by atoms with Crippen LogP contribution in [0.25, 0.3) is 0 Å². The molecule has 1 heterocycles. The summed E-state index contributed by atoms with van der Waals surface area (Å²) in [4.78, 5) is 84.7. The van der Waals surface area contributed by atoms with Crippen molar-refractivity contribution in [1.29, 1.82) is 0 Å². The molecular formula is C45H80N9O8P. The lowest BCUT2D eigenvalue weighted by Crippen LogP contribution is -2.55. The lowest BCUT2D eigenvalue weighted by atomic mass is 9.89. The summed E-state index contributed by atoms with van der Waals surface area (Å²) in [5.74, 6) is 3.85. The fourth-order valence-electron chi connectivity index (χ4n) is 8.17. The number of nitrogens with two attached hydrogens (primary N) is 1. The van der Waals surface area contributed by atoms with Gasteiger partial charge >= 0.3 is 0 Å². The summed E-state index contributed by atoms with van der Waals surface area (Å²) >= 11 is 0. The van der Waals surface area contributed by atoms with E-state index in [1.54, 1.807) is 43.0 Å². The molecule has 1 unspecified atom stereocenters. The smallest absolute Gasteiger partial charge is 0.247 e. The number of aliphatic imine (C=N–C) groups is 1. The van der Waals surface area contributed by atoms with E-state index in [4.69, 9.17) is 20.4 Å². The lowest BCUT2D eigenvalue weighted by Gasteiger charge is -2.40. The molecule has 1 fully saturated rings. The maximum atomic E-state index is 14.3. The Kier molecular flexibility index (Phi) is 24.6. The number of hydrogen-bond donors (Lipinski definition) is 4. The number of nitrogens with one attached hydrogen (secondary N) is 3. The molecule has 0 spiro atoms. The van der Waals surface area contributed by atoms with Crippen molar-refractivity contribution in [1.82, 2.24) is 30.2 Å². The van der Waals surface area contributed by atoms with E-state index in [1.807, 2.05) is 64.0 Å². The number of likely N-dealkylation sites (N-methyl/N-ethyl adjacent to an activating group) is 1. The second kappa shape index (κ2) is 28.1. The highest BCUT2D eigenvalue weighted by Crippen LogP contribution is 2.30. The van der Waals surface area contributed by atoms with Crippen LogP contribution in [0.4, 0.5) is 5.69 Å². The number of nitrogens with zero attached hydrogens (tertiary/aromatic N) is 5. The Morgan fingerprint density at radius 3 is 2.13 bits per heavy atom. The second-order valence-electron chi connectivity index (χ2n) is 17.4. The van der Waals surface area contributed by atoms with Crippen LogP contribution in [0, 0.1) is 17.8 Å². The molecule has 5 amide bonds. The first-order chi connectivity index (χ1) is 29.9. The summed E-state index contributed by atoms with van der Waals surface area (Å²) in [6.07, 6.45) is 4.01. The van der Waals surface area contributed by atoms with Crippen molar-refractivity contribution >= 4 is 50.4 Å². The van der Waals surface area contributed by atoms with Crippen molar-refractivity contribution < 1.29 is 38.3 Å². The van der Waals surface area contributed by atoms with Crippen LogP contribution in [0.2, 0.25) is 0 Å². The van der Waals surface area contributed by atoms with E-state index < -0.39 is 36.3 Å². The highest BCUT2D eigenvalue weighted by Gasteiger charge is 2.43. The largest absolute Gasteiger partial charge is 0.379 e. The number of hydrogen-bond acceptors (Lipinski definition) is 10. The van der Waals surface area contributed by atoms with E-state index in [1.165, 1.54) is 7.11 Å². The summed E-state index contributed by atoms with van der Waals surface area (Å²) in [5, 5.41) is 8.68. The SMILES string of the molecule is CC[C@H](C)[C@@H]([C@@H](CC(=O)N1CCC[C@H]1[C@H](OC)[C@@H](C)C(=O)N[C@@H](CP)C(=O)Nc1ccc(CNC(=O)CCCCCON)cc1)OC)N(C)C(=O)[C@@H](N=C(N(C)C)N(C)C)C(C)C. The standard InChI is InChI=1S/C45H80N9O8P/c1-13-30(4)40(53(10)44(59)39(29(2)3)50-45(51(6)7)52(8)9)36(60-11)26-38(56)54-24-17-18-35(54)41(61-12)31(5)42(57)49-34(28-63)43(58)48-33-22-20-32(21-23-33)27-47-37(55)19-15-14-16-25-62-46/h20-23,29-31,34-36,39-41H,13-19,24-28,46,63H2,1-12H3,(H,47,55)(H,48,58)(H,49,57)/t30-,31+,34-,35-,36+,39-,40-,41+/m0/s1. The van der Waals surface area contributed by atoms with Gasteiger partial charge in [-0.3, -0.25) is 24.0 Å². The quantitative estimate of drug-likeness (QED) is 0.0349. The van der Waals surface area contributed by atoms with Crippen molar-refractivity contribution in [2.75, 3.05) is 74.1 Å². The summed E-state index contributed by atoms with van der Waals surface area (Å²) in [6.45, 7) is 11.2. The van der Waals surface area contributed by atoms with Crippen LogP contribution >= 0.6 is 9.24 Å². The van der Waals surface area contributed by atoms with Crippen LogP contribution < -0.4 is 21.8 Å². The van der Waals surface area contributed by atoms with Gasteiger partial charge in [-0.05, 0) is 61.4 Å². The van der Waals surface area contributed by atoms with Crippen molar-refractivity contribution in [2.24, 2.45) is 28.6 Å². The first kappa shape index (κ1) is 55.2. The minimum atomic E-state index is -0.850. The summed E-state index contributed by atoms with van der Waals surface area (Å²) in [7, 11) is 15.0. The molecule has 0 saturated carbocycles. The predicted octanol–water partition coefficient (Wildman–Crippen LogP) is 3.48. The monoisotopic (exact) mass is 906 g/mol. The minimum Gasteiger partial charge on any atom is -0.379 e. The fourth-order valence-corrected chi connectivity index (χ4v) is 8.50. The van der Waals surface area contributed by atoms with E-state index in [0.29, 0.717) is 44.2 Å². The van der Waals surface area contributed by atoms with Gasteiger partial charge in [0, 0.05) is 74.7 Å². The molecule has 2 rings (SSSR count).